The zero-order valence-electron chi connectivity index (χ0n) is 9.52. The number of carboxylic acid groups (broad SMARTS) is 1. The van der Waals surface area contributed by atoms with Crippen LogP contribution in [0.2, 0.25) is 0 Å². The molecule has 0 atom stereocenters. The minimum absolute atomic E-state index is 0.302. The Morgan fingerprint density at radius 2 is 2.00 bits per heavy atom. The second-order valence-electron chi connectivity index (χ2n) is 4.77. The third-order valence-electron chi connectivity index (χ3n) is 3.49. The Bertz CT molecular complexity index is 381. The van der Waals surface area contributed by atoms with Crippen LogP contribution in [-0.4, -0.2) is 16.1 Å². The molecule has 0 unspecified atom stereocenters. The van der Waals surface area contributed by atoms with Crippen LogP contribution in [-0.2, 0) is 0 Å². The number of carbonyl (C=O) groups is 1. The van der Waals surface area contributed by atoms with Gasteiger partial charge in [-0.3, -0.25) is 4.98 Å². The number of hydrogen-bond donors (Lipinski definition) is 1. The third-order valence-corrected chi connectivity index (χ3v) is 3.49. The lowest BCUT2D eigenvalue weighted by Gasteiger charge is -2.26. The van der Waals surface area contributed by atoms with Gasteiger partial charge in [0.2, 0.25) is 0 Å². The van der Waals surface area contributed by atoms with Crippen LogP contribution >= 0.6 is 0 Å². The Kier molecular flexibility index (Phi) is 3.22. The van der Waals surface area contributed by atoms with E-state index in [2.05, 4.69) is 11.9 Å². The van der Waals surface area contributed by atoms with E-state index in [1.165, 1.54) is 19.0 Å². The molecule has 86 valence electrons. The minimum atomic E-state index is -0.890. The van der Waals surface area contributed by atoms with E-state index >= 15 is 0 Å². The first-order chi connectivity index (χ1) is 7.66. The monoisotopic (exact) mass is 219 g/mol. The molecule has 0 aromatic carbocycles. The van der Waals surface area contributed by atoms with Crippen molar-refractivity contribution in [3.8, 4) is 0 Å². The largest absolute Gasteiger partial charge is 0.478 e. The minimum Gasteiger partial charge on any atom is -0.478 e. The van der Waals surface area contributed by atoms with Crippen LogP contribution in [0.1, 0.15) is 54.4 Å². The van der Waals surface area contributed by atoms with E-state index in [1.807, 2.05) is 6.20 Å². The lowest BCUT2D eigenvalue weighted by Crippen LogP contribution is -2.11. The number of carboxylic acids is 1. The number of nitrogens with zero attached hydrogens (tertiary/aromatic N) is 1. The van der Waals surface area contributed by atoms with Crippen LogP contribution in [0.4, 0.5) is 0 Å². The molecule has 1 heterocycles. The molecule has 0 spiro atoms. The second-order valence-corrected chi connectivity index (χ2v) is 4.77. The van der Waals surface area contributed by atoms with E-state index in [0.29, 0.717) is 11.5 Å². The Labute approximate surface area is 95.5 Å². The molecule has 16 heavy (non-hydrogen) atoms. The van der Waals surface area contributed by atoms with E-state index in [4.69, 9.17) is 5.11 Å². The van der Waals surface area contributed by atoms with E-state index in [1.54, 1.807) is 6.07 Å². The molecule has 1 aromatic rings. The summed E-state index contributed by atoms with van der Waals surface area (Å²) in [5, 5.41) is 8.91. The van der Waals surface area contributed by atoms with Crippen LogP contribution in [0.15, 0.2) is 18.5 Å². The lowest BCUT2D eigenvalue weighted by molar-refractivity contribution is 0.0696. The van der Waals surface area contributed by atoms with Crippen molar-refractivity contribution in [3.05, 3.63) is 29.6 Å². The molecule has 1 N–H and O–H groups in total. The maximum absolute atomic E-state index is 10.8. The van der Waals surface area contributed by atoms with Crippen molar-refractivity contribution in [2.45, 2.75) is 38.5 Å². The van der Waals surface area contributed by atoms with Crippen LogP contribution in [0, 0.1) is 5.92 Å². The average molecular weight is 219 g/mol. The summed E-state index contributed by atoms with van der Waals surface area (Å²) in [6.07, 6.45) is 8.02. The summed E-state index contributed by atoms with van der Waals surface area (Å²) in [7, 11) is 0. The molecule has 1 fully saturated rings. The normalized spacial score (nSPS) is 25.3. The molecular weight excluding hydrogens is 202 g/mol. The number of rotatable bonds is 2. The predicted octanol–water partition coefficient (Wildman–Crippen LogP) is 3.07. The molecule has 0 bridgehead atoms. The topological polar surface area (TPSA) is 50.2 Å². The molecular formula is C13H17NO2. The highest BCUT2D eigenvalue weighted by atomic mass is 16.4. The fourth-order valence-corrected chi connectivity index (χ4v) is 2.39. The van der Waals surface area contributed by atoms with Crippen LogP contribution in [0.3, 0.4) is 0 Å². The van der Waals surface area contributed by atoms with E-state index in [9.17, 15) is 4.79 Å². The van der Waals surface area contributed by atoms with Gasteiger partial charge in [-0.1, -0.05) is 19.8 Å². The van der Waals surface area contributed by atoms with E-state index in [0.717, 1.165) is 24.3 Å². The number of aromatic carboxylic acids is 1. The van der Waals surface area contributed by atoms with Gasteiger partial charge in [-0.05, 0) is 36.3 Å². The predicted molar refractivity (Wildman–Crippen MR) is 61.6 cm³/mol. The van der Waals surface area contributed by atoms with Crippen molar-refractivity contribution in [2.75, 3.05) is 0 Å². The molecule has 1 aromatic heterocycles. The summed E-state index contributed by atoms with van der Waals surface area (Å²) >= 11 is 0. The third kappa shape index (κ3) is 2.40. The highest BCUT2D eigenvalue weighted by molar-refractivity contribution is 5.87. The van der Waals surface area contributed by atoms with E-state index < -0.39 is 5.97 Å². The van der Waals surface area contributed by atoms with Crippen LogP contribution in [0.25, 0.3) is 0 Å². The highest BCUT2D eigenvalue weighted by Crippen LogP contribution is 2.35. The summed E-state index contributed by atoms with van der Waals surface area (Å²) in [4.78, 5) is 14.9. The Balaban J connectivity index is 2.14. The summed E-state index contributed by atoms with van der Waals surface area (Å²) < 4.78 is 0. The van der Waals surface area contributed by atoms with Crippen LogP contribution < -0.4 is 0 Å². The molecule has 0 radical (unpaired) electrons. The molecule has 2 rings (SSSR count). The average Bonchev–Trinajstić information content (AvgIpc) is 2.30. The van der Waals surface area contributed by atoms with Crippen molar-refractivity contribution < 1.29 is 9.90 Å². The van der Waals surface area contributed by atoms with Gasteiger partial charge in [-0.25, -0.2) is 4.79 Å². The highest BCUT2D eigenvalue weighted by Gasteiger charge is 2.20. The lowest BCUT2D eigenvalue weighted by atomic mass is 9.80. The zero-order chi connectivity index (χ0) is 11.5. The van der Waals surface area contributed by atoms with Gasteiger partial charge >= 0.3 is 5.97 Å². The summed E-state index contributed by atoms with van der Waals surface area (Å²) in [6, 6.07) is 1.77. The number of hydrogen-bond acceptors (Lipinski definition) is 2. The maximum Gasteiger partial charge on any atom is 0.337 e. The first-order valence-corrected chi connectivity index (χ1v) is 5.85. The smallest absolute Gasteiger partial charge is 0.337 e. The first kappa shape index (κ1) is 11.1. The fraction of sp³-hybridized carbons (Fsp3) is 0.538. The number of pyridine rings is 1. The van der Waals surface area contributed by atoms with Crippen molar-refractivity contribution in [3.63, 3.8) is 0 Å². The summed E-state index contributed by atoms with van der Waals surface area (Å²) in [6.45, 7) is 2.28. The molecule has 3 nitrogen and oxygen atoms in total. The zero-order valence-corrected chi connectivity index (χ0v) is 9.52. The molecule has 0 aliphatic heterocycles. The Hall–Kier alpha value is -1.38. The van der Waals surface area contributed by atoms with E-state index in [-0.39, 0.29) is 0 Å². The molecule has 0 saturated heterocycles. The first-order valence-electron chi connectivity index (χ1n) is 5.85. The molecule has 1 aliphatic rings. The van der Waals surface area contributed by atoms with Crippen molar-refractivity contribution in [2.24, 2.45) is 5.92 Å². The molecule has 0 amide bonds. The SMILES string of the molecule is CC1CCC(c2cncc(C(=O)O)c2)CC1. The summed E-state index contributed by atoms with van der Waals surface area (Å²) in [5.74, 6) is 0.424. The van der Waals surface area contributed by atoms with Crippen molar-refractivity contribution >= 4 is 5.97 Å². The quantitative estimate of drug-likeness (QED) is 0.831. The Morgan fingerprint density at radius 1 is 1.31 bits per heavy atom. The summed E-state index contributed by atoms with van der Waals surface area (Å²) in [5.41, 5.74) is 1.39. The maximum atomic E-state index is 10.8. The van der Waals surface area contributed by atoms with Crippen molar-refractivity contribution in [1.29, 1.82) is 0 Å². The van der Waals surface area contributed by atoms with Gasteiger partial charge in [-0.2, -0.15) is 0 Å². The number of aromatic nitrogens is 1. The van der Waals surface area contributed by atoms with Gasteiger partial charge < -0.3 is 5.11 Å². The fourth-order valence-electron chi connectivity index (χ4n) is 2.39. The Morgan fingerprint density at radius 3 is 2.62 bits per heavy atom. The standard InChI is InChI=1S/C13H17NO2/c1-9-2-4-10(5-3-9)11-6-12(13(15)16)8-14-7-11/h6-10H,2-5H2,1H3,(H,15,16). The second kappa shape index (κ2) is 4.64. The van der Waals surface area contributed by atoms with Crippen LogP contribution in [0.5, 0.6) is 0 Å². The van der Waals surface area contributed by atoms with Gasteiger partial charge in [0, 0.05) is 12.4 Å². The van der Waals surface area contributed by atoms with Gasteiger partial charge in [0.25, 0.3) is 0 Å². The van der Waals surface area contributed by atoms with Gasteiger partial charge in [-0.15, -0.1) is 0 Å². The molecule has 1 saturated carbocycles. The van der Waals surface area contributed by atoms with Crippen molar-refractivity contribution in [1.82, 2.24) is 4.98 Å². The molecule has 1 aliphatic carbocycles. The van der Waals surface area contributed by atoms with Gasteiger partial charge in [0.05, 0.1) is 5.56 Å². The van der Waals surface area contributed by atoms with Gasteiger partial charge in [0.1, 0.15) is 0 Å². The van der Waals surface area contributed by atoms with Gasteiger partial charge in [0.15, 0.2) is 0 Å². The molecule has 3 heteroatoms.